The maximum Gasteiger partial charge on any atom is 0.315 e. The number of hydrogen-bond acceptors (Lipinski definition) is 3. The third kappa shape index (κ3) is 4.43. The largest absolute Gasteiger partial charge is 0.496 e. The summed E-state index contributed by atoms with van der Waals surface area (Å²) >= 11 is 1.63. The molecule has 2 N–H and O–H groups in total. The molecule has 0 radical (unpaired) electrons. The molecule has 0 aliphatic rings. The molecule has 1 heterocycles. The van der Waals surface area contributed by atoms with Crippen LogP contribution in [0.5, 0.6) is 5.75 Å². The Kier molecular flexibility index (Phi) is 5.92. The summed E-state index contributed by atoms with van der Waals surface area (Å²) in [6.07, 6.45) is 0. The van der Waals surface area contributed by atoms with E-state index in [9.17, 15) is 4.79 Å². The molecule has 134 valence electrons. The predicted octanol–water partition coefficient (Wildman–Crippen LogP) is 4.65. The monoisotopic (exact) mass is 366 g/mol. The average molecular weight is 366 g/mol. The highest BCUT2D eigenvalue weighted by molar-refractivity contribution is 7.10. The number of carbonyl (C=O) groups excluding carboxylic acids is 1. The minimum atomic E-state index is -0.213. The molecule has 1 atom stereocenters. The number of aryl methyl sites for hydroxylation is 1. The first kappa shape index (κ1) is 18.0. The zero-order valence-electron chi connectivity index (χ0n) is 14.9. The van der Waals surface area contributed by atoms with E-state index in [-0.39, 0.29) is 12.1 Å². The van der Waals surface area contributed by atoms with E-state index in [0.29, 0.717) is 6.54 Å². The third-order valence-electron chi connectivity index (χ3n) is 4.15. The van der Waals surface area contributed by atoms with E-state index >= 15 is 0 Å². The molecule has 0 saturated heterocycles. The van der Waals surface area contributed by atoms with Gasteiger partial charge in [0.05, 0.1) is 13.2 Å². The first-order valence-corrected chi connectivity index (χ1v) is 9.31. The minimum absolute atomic E-state index is 0.173. The molecular weight excluding hydrogens is 344 g/mol. The summed E-state index contributed by atoms with van der Waals surface area (Å²) in [6.45, 7) is 2.46. The number of methoxy groups -OCH3 is 1. The van der Waals surface area contributed by atoms with Gasteiger partial charge in [0.25, 0.3) is 0 Å². The molecule has 0 spiro atoms. The fourth-order valence-electron chi connectivity index (χ4n) is 2.74. The quantitative estimate of drug-likeness (QED) is 0.667. The van der Waals surface area contributed by atoms with Gasteiger partial charge in [0.2, 0.25) is 0 Å². The van der Waals surface area contributed by atoms with Crippen LogP contribution in [0.25, 0.3) is 0 Å². The molecule has 0 aliphatic carbocycles. The Labute approximate surface area is 157 Å². The van der Waals surface area contributed by atoms with Gasteiger partial charge in [0.15, 0.2) is 0 Å². The zero-order valence-corrected chi connectivity index (χ0v) is 15.7. The summed E-state index contributed by atoms with van der Waals surface area (Å²) < 4.78 is 5.33. The molecule has 0 aliphatic heterocycles. The van der Waals surface area contributed by atoms with Crippen LogP contribution in [0.1, 0.15) is 27.6 Å². The highest BCUT2D eigenvalue weighted by Crippen LogP contribution is 2.26. The van der Waals surface area contributed by atoms with Crippen molar-refractivity contribution in [2.24, 2.45) is 0 Å². The summed E-state index contributed by atoms with van der Waals surface area (Å²) in [5.41, 5.74) is 3.19. The van der Waals surface area contributed by atoms with Crippen molar-refractivity contribution in [3.63, 3.8) is 0 Å². The van der Waals surface area contributed by atoms with Crippen LogP contribution in [0, 0.1) is 6.92 Å². The van der Waals surface area contributed by atoms with Crippen LogP contribution in [0.4, 0.5) is 4.79 Å². The van der Waals surface area contributed by atoms with E-state index in [1.165, 1.54) is 5.56 Å². The Morgan fingerprint density at radius 2 is 1.85 bits per heavy atom. The minimum Gasteiger partial charge on any atom is -0.496 e. The Hall–Kier alpha value is -2.79. The molecule has 2 amide bonds. The summed E-state index contributed by atoms with van der Waals surface area (Å²) in [5, 5.41) is 8.02. The molecule has 3 aromatic rings. The van der Waals surface area contributed by atoms with Crippen molar-refractivity contribution in [3.05, 3.63) is 87.6 Å². The lowest BCUT2D eigenvalue weighted by Gasteiger charge is -2.19. The van der Waals surface area contributed by atoms with E-state index in [1.54, 1.807) is 18.4 Å². The second-order valence-corrected chi connectivity index (χ2v) is 6.98. The molecule has 1 aromatic heterocycles. The molecule has 0 unspecified atom stereocenters. The Bertz CT molecular complexity index is 845. The summed E-state index contributed by atoms with van der Waals surface area (Å²) in [4.78, 5) is 13.6. The predicted molar refractivity (Wildman–Crippen MR) is 106 cm³/mol. The van der Waals surface area contributed by atoms with E-state index < -0.39 is 0 Å². The lowest BCUT2D eigenvalue weighted by atomic mass is 10.0. The van der Waals surface area contributed by atoms with Crippen molar-refractivity contribution >= 4 is 17.4 Å². The number of urea groups is 1. The van der Waals surface area contributed by atoms with Gasteiger partial charge in [-0.15, -0.1) is 11.3 Å². The van der Waals surface area contributed by atoms with Crippen molar-refractivity contribution in [1.29, 1.82) is 0 Å². The zero-order chi connectivity index (χ0) is 18.4. The number of amides is 2. The number of thiophene rings is 1. The number of ether oxygens (including phenoxy) is 1. The van der Waals surface area contributed by atoms with E-state index in [2.05, 4.69) is 41.8 Å². The van der Waals surface area contributed by atoms with E-state index in [1.807, 2.05) is 41.8 Å². The van der Waals surface area contributed by atoms with Crippen molar-refractivity contribution in [2.75, 3.05) is 7.11 Å². The van der Waals surface area contributed by atoms with Crippen molar-refractivity contribution < 1.29 is 9.53 Å². The maximum atomic E-state index is 12.5. The summed E-state index contributed by atoms with van der Waals surface area (Å²) in [6, 6.07) is 19.5. The number of hydrogen-bond donors (Lipinski definition) is 2. The normalized spacial score (nSPS) is 11.6. The second-order valence-electron chi connectivity index (χ2n) is 6.00. The van der Waals surface area contributed by atoms with Crippen LogP contribution in [0.3, 0.4) is 0 Å². The van der Waals surface area contributed by atoms with Crippen LogP contribution in [-0.2, 0) is 6.54 Å². The Balaban J connectivity index is 1.70. The smallest absolute Gasteiger partial charge is 0.315 e. The van der Waals surface area contributed by atoms with Gasteiger partial charge in [-0.1, -0.05) is 54.1 Å². The molecule has 3 rings (SSSR count). The number of carbonyl (C=O) groups is 1. The van der Waals surface area contributed by atoms with Crippen LogP contribution < -0.4 is 15.4 Å². The topological polar surface area (TPSA) is 50.4 Å². The van der Waals surface area contributed by atoms with Crippen LogP contribution in [0.2, 0.25) is 0 Å². The van der Waals surface area contributed by atoms with Crippen molar-refractivity contribution in [1.82, 2.24) is 10.6 Å². The standard InChI is InChI=1S/C21H22N2O2S/c1-15-9-11-16(12-10-15)20(19-8-5-13-26-19)23-21(24)22-14-17-6-3-4-7-18(17)25-2/h3-13,20H,14H2,1-2H3,(H2,22,23,24)/t20-/m0/s1. The number of para-hydroxylation sites is 1. The molecular formula is C21H22N2O2S. The van der Waals surface area contributed by atoms with Gasteiger partial charge in [0.1, 0.15) is 5.75 Å². The highest BCUT2D eigenvalue weighted by Gasteiger charge is 2.18. The van der Waals surface area contributed by atoms with Crippen LogP contribution in [-0.4, -0.2) is 13.1 Å². The van der Waals surface area contributed by atoms with Gasteiger partial charge in [-0.2, -0.15) is 0 Å². The van der Waals surface area contributed by atoms with Gasteiger partial charge >= 0.3 is 6.03 Å². The number of nitrogens with one attached hydrogen (secondary N) is 2. The maximum absolute atomic E-state index is 12.5. The van der Waals surface area contributed by atoms with E-state index in [4.69, 9.17) is 4.74 Å². The van der Waals surface area contributed by atoms with Crippen LogP contribution in [0.15, 0.2) is 66.0 Å². The summed E-state index contributed by atoms with van der Waals surface area (Å²) in [7, 11) is 1.63. The van der Waals surface area contributed by atoms with Gasteiger partial charge in [-0.25, -0.2) is 4.79 Å². The highest BCUT2D eigenvalue weighted by atomic mass is 32.1. The second kappa shape index (κ2) is 8.54. The molecule has 2 aromatic carbocycles. The molecule has 5 heteroatoms. The molecule has 0 saturated carbocycles. The Morgan fingerprint density at radius 1 is 1.08 bits per heavy atom. The first-order valence-electron chi connectivity index (χ1n) is 8.43. The SMILES string of the molecule is COc1ccccc1CNC(=O)N[C@@H](c1ccc(C)cc1)c1cccs1. The number of benzene rings is 2. The lowest BCUT2D eigenvalue weighted by molar-refractivity contribution is 0.238. The van der Waals surface area contributed by atoms with Gasteiger partial charge in [-0.05, 0) is 30.0 Å². The Morgan fingerprint density at radius 3 is 2.54 bits per heavy atom. The van der Waals surface area contributed by atoms with Gasteiger partial charge in [0, 0.05) is 17.0 Å². The lowest BCUT2D eigenvalue weighted by Crippen LogP contribution is -2.37. The number of rotatable bonds is 6. The average Bonchev–Trinajstić information content (AvgIpc) is 3.20. The van der Waals surface area contributed by atoms with Crippen LogP contribution >= 0.6 is 11.3 Å². The van der Waals surface area contributed by atoms with E-state index in [0.717, 1.165) is 21.8 Å². The fourth-order valence-corrected chi connectivity index (χ4v) is 3.54. The van der Waals surface area contributed by atoms with Crippen molar-refractivity contribution in [3.8, 4) is 5.75 Å². The van der Waals surface area contributed by atoms with Gasteiger partial charge in [-0.3, -0.25) is 0 Å². The van der Waals surface area contributed by atoms with Crippen molar-refractivity contribution in [2.45, 2.75) is 19.5 Å². The first-order chi connectivity index (χ1) is 12.7. The molecule has 0 bridgehead atoms. The molecule has 26 heavy (non-hydrogen) atoms. The molecule has 4 nitrogen and oxygen atoms in total. The molecule has 0 fully saturated rings. The van der Waals surface area contributed by atoms with Gasteiger partial charge < -0.3 is 15.4 Å². The summed E-state index contributed by atoms with van der Waals surface area (Å²) in [5.74, 6) is 0.765. The fraction of sp³-hybridized carbons (Fsp3) is 0.190. The third-order valence-corrected chi connectivity index (χ3v) is 5.08.